The molecule has 0 aliphatic carbocycles. The van der Waals surface area contributed by atoms with Gasteiger partial charge in [0, 0.05) is 32.5 Å². The van der Waals surface area contributed by atoms with Gasteiger partial charge in [-0.2, -0.15) is 10.2 Å². The van der Waals surface area contributed by atoms with Gasteiger partial charge in [0.2, 0.25) is 0 Å². The second kappa shape index (κ2) is 9.99. The van der Waals surface area contributed by atoms with Gasteiger partial charge in [-0.3, -0.25) is 14.2 Å². The number of carboxylic acids is 1. The highest BCUT2D eigenvalue weighted by Crippen LogP contribution is 2.28. The van der Waals surface area contributed by atoms with E-state index in [-0.39, 0.29) is 17.8 Å². The van der Waals surface area contributed by atoms with Gasteiger partial charge in [0.15, 0.2) is 17.2 Å². The molecule has 10 heteroatoms. The number of carbonyl (C=O) groups is 2. The molecule has 0 fully saturated rings. The van der Waals surface area contributed by atoms with Crippen LogP contribution in [0, 0.1) is 0 Å². The van der Waals surface area contributed by atoms with Gasteiger partial charge in [-0.05, 0) is 37.1 Å². The van der Waals surface area contributed by atoms with E-state index in [4.69, 9.17) is 9.47 Å². The first kappa shape index (κ1) is 22.9. The van der Waals surface area contributed by atoms with E-state index in [1.807, 2.05) is 31.2 Å². The molecule has 1 N–H and O–H groups in total. The summed E-state index contributed by atoms with van der Waals surface area (Å²) in [4.78, 5) is 26.6. The summed E-state index contributed by atoms with van der Waals surface area (Å²) < 4.78 is 13.8. The Kier molecular flexibility index (Phi) is 7.14. The summed E-state index contributed by atoms with van der Waals surface area (Å²) in [5, 5.41) is 17.7. The Balaban J connectivity index is 1.89. The van der Waals surface area contributed by atoms with Crippen LogP contribution in [-0.4, -0.2) is 62.2 Å². The van der Waals surface area contributed by atoms with Gasteiger partial charge in [-0.15, -0.1) is 0 Å². The SMILES string of the molecule is CCn1nccc1CN(CCc1ccc(OC)c(OC)c1)C(=O)c1cn(C)nc1C(=O)O. The minimum atomic E-state index is -1.24. The van der Waals surface area contributed by atoms with Gasteiger partial charge in [0.25, 0.3) is 5.91 Å². The average molecular weight is 441 g/mol. The highest BCUT2D eigenvalue weighted by atomic mass is 16.5. The monoisotopic (exact) mass is 441 g/mol. The summed E-state index contributed by atoms with van der Waals surface area (Å²) in [5.74, 6) is -0.419. The van der Waals surface area contributed by atoms with Gasteiger partial charge in [0.1, 0.15) is 0 Å². The van der Waals surface area contributed by atoms with Crippen LogP contribution in [0.2, 0.25) is 0 Å². The molecule has 170 valence electrons. The van der Waals surface area contributed by atoms with Crippen LogP contribution in [0.3, 0.4) is 0 Å². The Morgan fingerprint density at radius 2 is 1.91 bits per heavy atom. The molecule has 0 aliphatic rings. The number of aryl methyl sites for hydroxylation is 2. The lowest BCUT2D eigenvalue weighted by Crippen LogP contribution is -2.34. The standard InChI is InChI=1S/C22H27N5O5/c1-5-27-16(8-10-23-27)13-26(21(28)17-14-25(2)24-20(17)22(29)30)11-9-15-6-7-18(31-3)19(12-15)32-4/h6-8,10,12,14H,5,9,11,13H2,1-4H3,(H,29,30). The molecule has 0 bridgehead atoms. The van der Waals surface area contributed by atoms with Crippen LogP contribution >= 0.6 is 0 Å². The summed E-state index contributed by atoms with van der Waals surface area (Å²) in [5.41, 5.74) is 1.59. The summed E-state index contributed by atoms with van der Waals surface area (Å²) in [7, 11) is 4.73. The van der Waals surface area contributed by atoms with Crippen LogP contribution in [-0.2, 0) is 26.6 Å². The van der Waals surface area contributed by atoms with Crippen LogP contribution in [0.1, 0.15) is 39.0 Å². The van der Waals surface area contributed by atoms with Crippen molar-refractivity contribution in [3.8, 4) is 11.5 Å². The number of rotatable bonds is 10. The van der Waals surface area contributed by atoms with E-state index in [1.165, 1.54) is 10.9 Å². The van der Waals surface area contributed by atoms with E-state index in [9.17, 15) is 14.7 Å². The third kappa shape index (κ3) is 4.90. The summed E-state index contributed by atoms with van der Waals surface area (Å²) >= 11 is 0. The molecule has 0 radical (unpaired) electrons. The normalized spacial score (nSPS) is 10.8. The zero-order valence-corrected chi connectivity index (χ0v) is 18.6. The van der Waals surface area contributed by atoms with Crippen LogP contribution in [0.4, 0.5) is 0 Å². The number of carboxylic acid groups (broad SMARTS) is 1. The van der Waals surface area contributed by atoms with Crippen molar-refractivity contribution in [1.82, 2.24) is 24.5 Å². The molecule has 0 atom stereocenters. The summed E-state index contributed by atoms with van der Waals surface area (Å²) in [6.45, 7) is 3.27. The van der Waals surface area contributed by atoms with Crippen molar-refractivity contribution in [2.75, 3.05) is 20.8 Å². The van der Waals surface area contributed by atoms with Crippen LogP contribution in [0.15, 0.2) is 36.7 Å². The predicted molar refractivity (Wildman–Crippen MR) is 116 cm³/mol. The Labute approximate surface area is 186 Å². The van der Waals surface area contributed by atoms with E-state index < -0.39 is 11.9 Å². The molecular formula is C22H27N5O5. The second-order valence-corrected chi connectivity index (χ2v) is 7.17. The maximum absolute atomic E-state index is 13.4. The lowest BCUT2D eigenvalue weighted by Gasteiger charge is -2.23. The number of nitrogens with zero attached hydrogens (tertiary/aromatic N) is 5. The van der Waals surface area contributed by atoms with E-state index in [2.05, 4.69) is 10.2 Å². The van der Waals surface area contributed by atoms with Crippen molar-refractivity contribution in [3.05, 3.63) is 59.2 Å². The number of benzene rings is 1. The molecule has 0 spiro atoms. The minimum Gasteiger partial charge on any atom is -0.493 e. The van der Waals surface area contributed by atoms with Gasteiger partial charge in [0.05, 0.1) is 32.0 Å². The number of hydrogen-bond donors (Lipinski definition) is 1. The van der Waals surface area contributed by atoms with Crippen LogP contribution < -0.4 is 9.47 Å². The molecule has 0 unspecified atom stereocenters. The lowest BCUT2D eigenvalue weighted by atomic mass is 10.1. The van der Waals surface area contributed by atoms with Crippen molar-refractivity contribution in [2.45, 2.75) is 26.4 Å². The number of hydrogen-bond acceptors (Lipinski definition) is 6. The number of aromatic nitrogens is 4. The van der Waals surface area contributed by atoms with E-state index >= 15 is 0 Å². The lowest BCUT2D eigenvalue weighted by molar-refractivity contribution is 0.0666. The number of ether oxygens (including phenoxy) is 2. The topological polar surface area (TPSA) is 112 Å². The molecule has 2 heterocycles. The zero-order valence-electron chi connectivity index (χ0n) is 18.6. The van der Waals surface area contributed by atoms with Gasteiger partial charge < -0.3 is 19.5 Å². The molecule has 0 saturated heterocycles. The smallest absolute Gasteiger partial charge is 0.357 e. The van der Waals surface area contributed by atoms with Crippen molar-refractivity contribution in [2.24, 2.45) is 7.05 Å². The average Bonchev–Trinajstić information content (AvgIpc) is 3.41. The molecule has 3 aromatic rings. The molecule has 0 aliphatic heterocycles. The van der Waals surface area contributed by atoms with Crippen molar-refractivity contribution < 1.29 is 24.2 Å². The number of amides is 1. The Morgan fingerprint density at radius 3 is 2.56 bits per heavy atom. The molecule has 32 heavy (non-hydrogen) atoms. The van der Waals surface area contributed by atoms with Gasteiger partial charge >= 0.3 is 5.97 Å². The Hall–Kier alpha value is -3.82. The van der Waals surface area contributed by atoms with Crippen LogP contribution in [0.25, 0.3) is 0 Å². The first-order chi connectivity index (χ1) is 15.4. The fraction of sp³-hybridized carbons (Fsp3) is 0.364. The van der Waals surface area contributed by atoms with E-state index in [1.54, 1.807) is 37.0 Å². The maximum Gasteiger partial charge on any atom is 0.357 e. The number of aromatic carboxylic acids is 1. The summed E-state index contributed by atoms with van der Waals surface area (Å²) in [6, 6.07) is 7.44. The highest BCUT2D eigenvalue weighted by Gasteiger charge is 2.26. The van der Waals surface area contributed by atoms with Gasteiger partial charge in [-0.1, -0.05) is 6.07 Å². The minimum absolute atomic E-state index is 0.0508. The quantitative estimate of drug-likeness (QED) is 0.513. The second-order valence-electron chi connectivity index (χ2n) is 7.17. The molecule has 10 nitrogen and oxygen atoms in total. The van der Waals surface area contributed by atoms with Crippen LogP contribution in [0.5, 0.6) is 11.5 Å². The molecule has 3 rings (SSSR count). The number of methoxy groups -OCH3 is 2. The molecular weight excluding hydrogens is 414 g/mol. The molecule has 1 amide bonds. The fourth-order valence-corrected chi connectivity index (χ4v) is 3.50. The van der Waals surface area contributed by atoms with Crippen molar-refractivity contribution >= 4 is 11.9 Å². The van der Waals surface area contributed by atoms with E-state index in [0.717, 1.165) is 11.3 Å². The van der Waals surface area contributed by atoms with Crippen molar-refractivity contribution in [1.29, 1.82) is 0 Å². The molecule has 2 aromatic heterocycles. The number of carbonyl (C=O) groups excluding carboxylic acids is 1. The van der Waals surface area contributed by atoms with Gasteiger partial charge in [-0.25, -0.2) is 4.79 Å². The molecule has 0 saturated carbocycles. The maximum atomic E-state index is 13.4. The molecule has 1 aromatic carbocycles. The predicted octanol–water partition coefficient (Wildman–Crippen LogP) is 2.24. The first-order valence-corrected chi connectivity index (χ1v) is 10.2. The van der Waals surface area contributed by atoms with E-state index in [0.29, 0.717) is 31.0 Å². The third-order valence-electron chi connectivity index (χ3n) is 5.12. The summed E-state index contributed by atoms with van der Waals surface area (Å²) in [6.07, 6.45) is 3.66. The fourth-order valence-electron chi connectivity index (χ4n) is 3.50. The Morgan fingerprint density at radius 1 is 1.16 bits per heavy atom. The Bertz CT molecular complexity index is 1100. The highest BCUT2D eigenvalue weighted by molar-refractivity contribution is 6.03. The first-order valence-electron chi connectivity index (χ1n) is 10.2. The third-order valence-corrected chi connectivity index (χ3v) is 5.12. The largest absolute Gasteiger partial charge is 0.493 e. The van der Waals surface area contributed by atoms with Crippen molar-refractivity contribution in [3.63, 3.8) is 0 Å². The zero-order chi connectivity index (χ0) is 23.3.